The molecule has 0 aromatic carbocycles. The van der Waals surface area contributed by atoms with Gasteiger partial charge in [0.05, 0.1) is 5.60 Å². The molecule has 3 fully saturated rings. The number of hydrogen-bond acceptors (Lipinski definition) is 6. The molecule has 1 saturated carbocycles. The van der Waals surface area contributed by atoms with Crippen molar-refractivity contribution >= 4 is 11.7 Å². The molecule has 1 aliphatic carbocycles. The summed E-state index contributed by atoms with van der Waals surface area (Å²) < 4.78 is 6.07. The Morgan fingerprint density at radius 2 is 2.00 bits per heavy atom. The second-order valence-corrected chi connectivity index (χ2v) is 8.95. The zero-order valence-corrected chi connectivity index (χ0v) is 17.6. The van der Waals surface area contributed by atoms with Crippen LogP contribution in [0, 0.1) is 13.8 Å². The van der Waals surface area contributed by atoms with E-state index >= 15 is 0 Å². The van der Waals surface area contributed by atoms with E-state index in [0.29, 0.717) is 12.1 Å². The van der Waals surface area contributed by atoms with Gasteiger partial charge in [-0.25, -0.2) is 9.97 Å². The fourth-order valence-corrected chi connectivity index (χ4v) is 4.73. The van der Waals surface area contributed by atoms with Crippen LogP contribution in [0.4, 0.5) is 5.82 Å². The maximum Gasteiger partial charge on any atom is 0.291 e. The lowest BCUT2D eigenvalue weighted by Crippen LogP contribution is -2.53. The Balaban J connectivity index is 1.43. The summed E-state index contributed by atoms with van der Waals surface area (Å²) in [5.41, 5.74) is 2.12. The number of rotatable bonds is 4. The van der Waals surface area contributed by atoms with Crippen molar-refractivity contribution in [2.75, 3.05) is 38.7 Å². The molecule has 1 aromatic rings. The summed E-state index contributed by atoms with van der Waals surface area (Å²) in [5.74, 6) is 1.05. The highest BCUT2D eigenvalue weighted by atomic mass is 16.5. The molecule has 2 atom stereocenters. The number of carbonyl (C=O) groups excluding carboxylic acids is 1. The molecule has 3 aliphatic rings. The van der Waals surface area contributed by atoms with E-state index in [0.717, 1.165) is 56.0 Å². The number of nitrogens with one attached hydrogen (secondary N) is 1. The second kappa shape index (κ2) is 7.59. The predicted molar refractivity (Wildman–Crippen MR) is 109 cm³/mol. The minimum atomic E-state index is -0.147. The van der Waals surface area contributed by atoms with E-state index in [-0.39, 0.29) is 17.3 Å². The van der Waals surface area contributed by atoms with E-state index in [2.05, 4.69) is 20.2 Å². The van der Waals surface area contributed by atoms with Gasteiger partial charge in [-0.3, -0.25) is 4.79 Å². The van der Waals surface area contributed by atoms with Crippen LogP contribution in [0.2, 0.25) is 0 Å². The molecule has 7 nitrogen and oxygen atoms in total. The van der Waals surface area contributed by atoms with Gasteiger partial charge in [-0.15, -0.1) is 0 Å². The fourth-order valence-electron chi connectivity index (χ4n) is 4.73. The lowest BCUT2D eigenvalue weighted by atomic mass is 9.74. The van der Waals surface area contributed by atoms with Gasteiger partial charge >= 0.3 is 0 Å². The molecule has 3 heterocycles. The smallest absolute Gasteiger partial charge is 0.291 e. The number of ether oxygens (including phenoxy) is 1. The van der Waals surface area contributed by atoms with Gasteiger partial charge in [0.15, 0.2) is 0 Å². The van der Waals surface area contributed by atoms with Crippen molar-refractivity contribution in [1.29, 1.82) is 0 Å². The summed E-state index contributed by atoms with van der Waals surface area (Å²) in [6, 6.07) is 1.01. The molecule has 1 N–H and O–H groups in total. The number of nitrogens with zero attached hydrogens (tertiary/aromatic N) is 4. The molecule has 0 bridgehead atoms. The molecule has 2 aliphatic heterocycles. The Hall–Kier alpha value is -1.73. The number of aryl methyl sites for hydroxylation is 1. The maximum atomic E-state index is 12.4. The molecule has 1 spiro atoms. The third-order valence-electron chi connectivity index (χ3n) is 6.68. The van der Waals surface area contributed by atoms with Gasteiger partial charge in [0.2, 0.25) is 5.82 Å². The summed E-state index contributed by atoms with van der Waals surface area (Å²) in [4.78, 5) is 25.2. The van der Waals surface area contributed by atoms with Crippen LogP contribution in [-0.2, 0) is 4.74 Å². The van der Waals surface area contributed by atoms with Gasteiger partial charge in [-0.05, 0) is 52.4 Å². The van der Waals surface area contributed by atoms with Crippen molar-refractivity contribution in [3.8, 4) is 0 Å². The fraction of sp³-hybridized carbons (Fsp3) is 0.762. The average Bonchev–Trinajstić information content (AvgIpc) is 3.10. The molecule has 1 amide bonds. The van der Waals surface area contributed by atoms with Crippen LogP contribution >= 0.6 is 0 Å². The zero-order valence-electron chi connectivity index (χ0n) is 17.6. The van der Waals surface area contributed by atoms with E-state index in [9.17, 15) is 4.79 Å². The van der Waals surface area contributed by atoms with E-state index in [1.807, 2.05) is 13.8 Å². The van der Waals surface area contributed by atoms with E-state index in [1.165, 1.54) is 24.2 Å². The Morgan fingerprint density at radius 3 is 2.68 bits per heavy atom. The van der Waals surface area contributed by atoms with E-state index in [1.54, 1.807) is 14.1 Å². The van der Waals surface area contributed by atoms with Crippen molar-refractivity contribution in [1.82, 2.24) is 20.2 Å². The first-order valence-electron chi connectivity index (χ1n) is 10.6. The monoisotopic (exact) mass is 387 g/mol. The molecule has 28 heavy (non-hydrogen) atoms. The maximum absolute atomic E-state index is 12.4. The Morgan fingerprint density at radius 1 is 1.21 bits per heavy atom. The molecule has 0 radical (unpaired) electrons. The van der Waals surface area contributed by atoms with Crippen molar-refractivity contribution < 1.29 is 9.53 Å². The summed E-state index contributed by atoms with van der Waals surface area (Å²) in [6.07, 6.45) is 7.12. The first-order chi connectivity index (χ1) is 13.4. The molecule has 1 aromatic heterocycles. The van der Waals surface area contributed by atoms with Crippen molar-refractivity contribution in [3.05, 3.63) is 17.1 Å². The number of anilines is 1. The minimum Gasteiger partial charge on any atom is -0.375 e. The molecule has 2 saturated heterocycles. The summed E-state index contributed by atoms with van der Waals surface area (Å²) >= 11 is 0. The van der Waals surface area contributed by atoms with Crippen molar-refractivity contribution in [2.24, 2.45) is 0 Å². The number of carbonyl (C=O) groups is 1. The van der Waals surface area contributed by atoms with Crippen LogP contribution < -0.4 is 10.2 Å². The number of hydrogen-bond donors (Lipinski definition) is 1. The zero-order chi connectivity index (χ0) is 19.9. The quantitative estimate of drug-likeness (QED) is 0.853. The Labute approximate surface area is 167 Å². The molecule has 154 valence electrons. The van der Waals surface area contributed by atoms with Gasteiger partial charge in [0.1, 0.15) is 5.82 Å². The van der Waals surface area contributed by atoms with Crippen molar-refractivity contribution in [2.45, 2.75) is 70.1 Å². The van der Waals surface area contributed by atoms with Gasteiger partial charge < -0.3 is 19.9 Å². The lowest BCUT2D eigenvalue weighted by Gasteiger charge is -2.47. The molecule has 1 unspecified atom stereocenters. The molecular formula is C21H33N5O2. The number of amides is 1. The summed E-state index contributed by atoms with van der Waals surface area (Å²) in [5, 5.41) is 3.89. The predicted octanol–water partition coefficient (Wildman–Crippen LogP) is 2.07. The highest BCUT2D eigenvalue weighted by molar-refractivity contribution is 5.90. The lowest BCUT2D eigenvalue weighted by molar-refractivity contribution is -0.136. The van der Waals surface area contributed by atoms with Gasteiger partial charge in [-0.2, -0.15) is 0 Å². The van der Waals surface area contributed by atoms with Crippen LogP contribution in [0.1, 0.15) is 60.4 Å². The SMILES string of the molecule is Cc1nc(C(=O)N(C)C)nc(N2CC[C@@H](NC3CCOC4(CCC4)C3)C2)c1C. The summed E-state index contributed by atoms with van der Waals surface area (Å²) in [7, 11) is 3.47. The highest BCUT2D eigenvalue weighted by Gasteiger charge is 2.43. The topological polar surface area (TPSA) is 70.6 Å². The Kier molecular flexibility index (Phi) is 5.31. The third-order valence-corrected chi connectivity index (χ3v) is 6.68. The normalized spacial score (nSPS) is 26.4. The third kappa shape index (κ3) is 3.74. The molecule has 4 rings (SSSR count). The minimum absolute atomic E-state index is 0.147. The molecular weight excluding hydrogens is 354 g/mol. The Bertz CT molecular complexity index is 747. The summed E-state index contributed by atoms with van der Waals surface area (Å²) in [6.45, 7) is 6.78. The van der Waals surface area contributed by atoms with E-state index < -0.39 is 0 Å². The van der Waals surface area contributed by atoms with Gasteiger partial charge in [-0.1, -0.05) is 0 Å². The van der Waals surface area contributed by atoms with Crippen LogP contribution in [0.3, 0.4) is 0 Å². The van der Waals surface area contributed by atoms with E-state index in [4.69, 9.17) is 4.74 Å². The number of aromatic nitrogens is 2. The second-order valence-electron chi connectivity index (χ2n) is 8.95. The first kappa shape index (κ1) is 19.6. The molecule has 7 heteroatoms. The van der Waals surface area contributed by atoms with Crippen LogP contribution in [0.15, 0.2) is 0 Å². The van der Waals surface area contributed by atoms with Gasteiger partial charge in [0.25, 0.3) is 5.91 Å². The van der Waals surface area contributed by atoms with Crippen LogP contribution in [0.25, 0.3) is 0 Å². The largest absolute Gasteiger partial charge is 0.375 e. The van der Waals surface area contributed by atoms with Gasteiger partial charge in [0, 0.05) is 57.1 Å². The standard InChI is InChI=1S/C21H33N5O2/c1-14-15(2)22-18(20(27)25(3)4)24-19(14)26-10-6-17(13-26)23-16-7-11-28-21(12-16)8-5-9-21/h16-17,23H,5-13H2,1-4H3/t16?,17-/m1/s1. The van der Waals surface area contributed by atoms with Crippen LogP contribution in [0.5, 0.6) is 0 Å². The highest BCUT2D eigenvalue weighted by Crippen LogP contribution is 2.42. The van der Waals surface area contributed by atoms with Crippen molar-refractivity contribution in [3.63, 3.8) is 0 Å². The first-order valence-corrected chi connectivity index (χ1v) is 10.6. The average molecular weight is 388 g/mol. The van der Waals surface area contributed by atoms with Crippen LogP contribution in [-0.4, -0.2) is 72.3 Å².